The Bertz CT molecular complexity index is 251. The molecule has 1 aliphatic rings. The Balaban J connectivity index is 2.23. The average molecular weight is 258 g/mol. The Morgan fingerprint density at radius 1 is 1.28 bits per heavy atom. The first kappa shape index (κ1) is 15.4. The molecule has 1 N–H and O–H groups in total. The van der Waals surface area contributed by atoms with Gasteiger partial charge in [-0.2, -0.15) is 0 Å². The predicted octanol–water partition coefficient (Wildman–Crippen LogP) is 0.640. The normalized spacial score (nSPS) is 18.2. The average Bonchev–Trinajstić information content (AvgIpc) is 2.82. The molecule has 0 bridgehead atoms. The number of hydrogen-bond donors (Lipinski definition) is 1. The fourth-order valence-corrected chi connectivity index (χ4v) is 2.44. The van der Waals surface area contributed by atoms with Crippen molar-refractivity contribution in [1.29, 1.82) is 0 Å². The van der Waals surface area contributed by atoms with Crippen molar-refractivity contribution in [2.75, 3.05) is 47.6 Å². The van der Waals surface area contributed by atoms with Gasteiger partial charge in [0.05, 0.1) is 13.2 Å². The molecule has 1 saturated carbocycles. The van der Waals surface area contributed by atoms with Crippen LogP contribution in [0.15, 0.2) is 0 Å². The summed E-state index contributed by atoms with van der Waals surface area (Å²) in [6.07, 6.45) is 4.81. The van der Waals surface area contributed by atoms with E-state index in [0.29, 0.717) is 19.8 Å². The van der Waals surface area contributed by atoms with Crippen molar-refractivity contribution in [2.45, 2.75) is 31.2 Å². The third kappa shape index (κ3) is 4.55. The monoisotopic (exact) mass is 258 g/mol. The van der Waals surface area contributed by atoms with Crippen LogP contribution in [-0.4, -0.2) is 63.9 Å². The van der Waals surface area contributed by atoms with Crippen molar-refractivity contribution < 1.29 is 14.3 Å². The topological polar surface area (TPSA) is 50.8 Å². The molecule has 0 saturated heterocycles. The van der Waals surface area contributed by atoms with Crippen LogP contribution >= 0.6 is 0 Å². The van der Waals surface area contributed by atoms with Crippen LogP contribution in [0.25, 0.3) is 0 Å². The quantitative estimate of drug-likeness (QED) is 0.649. The highest BCUT2D eigenvalue weighted by atomic mass is 16.5. The van der Waals surface area contributed by atoms with Crippen LogP contribution in [0.4, 0.5) is 0 Å². The van der Waals surface area contributed by atoms with E-state index in [9.17, 15) is 4.79 Å². The van der Waals surface area contributed by atoms with Gasteiger partial charge in [0.2, 0.25) is 5.91 Å². The second kappa shape index (κ2) is 7.71. The molecule has 0 heterocycles. The molecular formula is C13H26N2O3. The van der Waals surface area contributed by atoms with Crippen LogP contribution < -0.4 is 5.32 Å². The van der Waals surface area contributed by atoms with Gasteiger partial charge in [0.25, 0.3) is 0 Å². The highest BCUT2D eigenvalue weighted by molar-refractivity contribution is 5.77. The van der Waals surface area contributed by atoms with E-state index in [1.54, 1.807) is 7.11 Å². The molecule has 18 heavy (non-hydrogen) atoms. The highest BCUT2D eigenvalue weighted by Gasteiger charge is 2.35. The molecule has 5 heteroatoms. The molecule has 106 valence electrons. The molecule has 0 aliphatic heterocycles. The lowest BCUT2D eigenvalue weighted by molar-refractivity contribution is -0.126. The van der Waals surface area contributed by atoms with Crippen molar-refractivity contribution in [2.24, 2.45) is 0 Å². The summed E-state index contributed by atoms with van der Waals surface area (Å²) in [7, 11) is 5.80. The van der Waals surface area contributed by atoms with E-state index >= 15 is 0 Å². The molecule has 1 rings (SSSR count). The van der Waals surface area contributed by atoms with Gasteiger partial charge in [0.1, 0.15) is 6.61 Å². The molecule has 0 atom stereocenters. The molecule has 0 aromatic heterocycles. The lowest BCUT2D eigenvalue weighted by Crippen LogP contribution is -2.51. The van der Waals surface area contributed by atoms with E-state index in [1.807, 2.05) is 0 Å². The Morgan fingerprint density at radius 2 is 1.94 bits per heavy atom. The standard InChI is InChI=1S/C13H26N2O3/c1-15(2)13(6-4-5-7-13)11-14-12(16)10-18-9-8-17-3/h4-11H2,1-3H3,(H,14,16). The third-order valence-corrected chi connectivity index (χ3v) is 3.76. The number of nitrogens with zero attached hydrogens (tertiary/aromatic N) is 1. The van der Waals surface area contributed by atoms with Crippen molar-refractivity contribution in [1.82, 2.24) is 10.2 Å². The molecule has 1 fully saturated rings. The lowest BCUT2D eigenvalue weighted by atomic mass is 9.96. The van der Waals surface area contributed by atoms with Gasteiger partial charge in [-0.3, -0.25) is 4.79 Å². The number of rotatable bonds is 8. The molecule has 0 aromatic rings. The number of methoxy groups -OCH3 is 1. The first-order chi connectivity index (χ1) is 8.60. The van der Waals surface area contributed by atoms with E-state index in [2.05, 4.69) is 24.3 Å². The maximum atomic E-state index is 11.6. The van der Waals surface area contributed by atoms with Crippen LogP contribution in [0.2, 0.25) is 0 Å². The number of hydrogen-bond acceptors (Lipinski definition) is 4. The molecule has 0 radical (unpaired) electrons. The molecular weight excluding hydrogens is 232 g/mol. The van der Waals surface area contributed by atoms with Gasteiger partial charge in [-0.05, 0) is 26.9 Å². The zero-order chi connectivity index (χ0) is 13.4. The largest absolute Gasteiger partial charge is 0.382 e. The molecule has 5 nitrogen and oxygen atoms in total. The van der Waals surface area contributed by atoms with Crippen LogP contribution in [-0.2, 0) is 14.3 Å². The van der Waals surface area contributed by atoms with Crippen LogP contribution in [0.3, 0.4) is 0 Å². The van der Waals surface area contributed by atoms with Gasteiger partial charge in [-0.1, -0.05) is 12.8 Å². The first-order valence-electron chi connectivity index (χ1n) is 6.61. The Morgan fingerprint density at radius 3 is 2.50 bits per heavy atom. The molecule has 0 aromatic carbocycles. The van der Waals surface area contributed by atoms with Gasteiger partial charge < -0.3 is 19.7 Å². The zero-order valence-electron chi connectivity index (χ0n) is 11.8. The van der Waals surface area contributed by atoms with E-state index in [0.717, 1.165) is 12.8 Å². The maximum absolute atomic E-state index is 11.6. The summed E-state index contributed by atoms with van der Waals surface area (Å²) < 4.78 is 10.0. The van der Waals surface area contributed by atoms with Gasteiger partial charge in [-0.25, -0.2) is 0 Å². The van der Waals surface area contributed by atoms with Gasteiger partial charge in [0.15, 0.2) is 0 Å². The van der Waals surface area contributed by atoms with Gasteiger partial charge in [0, 0.05) is 19.2 Å². The Labute approximate surface area is 110 Å². The number of nitrogens with one attached hydrogen (secondary N) is 1. The fourth-order valence-electron chi connectivity index (χ4n) is 2.44. The SMILES string of the molecule is COCCOCC(=O)NCC1(N(C)C)CCCC1. The lowest BCUT2D eigenvalue weighted by Gasteiger charge is -2.36. The number of amides is 1. The minimum Gasteiger partial charge on any atom is -0.382 e. The minimum atomic E-state index is -0.0424. The van der Waals surface area contributed by atoms with Gasteiger partial charge >= 0.3 is 0 Å². The maximum Gasteiger partial charge on any atom is 0.246 e. The van der Waals surface area contributed by atoms with E-state index in [1.165, 1.54) is 12.8 Å². The number of carbonyl (C=O) groups is 1. The molecule has 0 unspecified atom stereocenters. The Hall–Kier alpha value is -0.650. The summed E-state index contributed by atoms with van der Waals surface area (Å²) >= 11 is 0. The zero-order valence-corrected chi connectivity index (χ0v) is 11.8. The third-order valence-electron chi connectivity index (χ3n) is 3.76. The summed E-state index contributed by atoms with van der Waals surface area (Å²) in [6.45, 7) is 1.82. The van der Waals surface area contributed by atoms with E-state index < -0.39 is 0 Å². The minimum absolute atomic E-state index is 0.0424. The Kier molecular flexibility index (Phi) is 6.60. The number of carbonyl (C=O) groups excluding carboxylic acids is 1. The summed E-state index contributed by atoms with van der Waals surface area (Å²) in [4.78, 5) is 13.9. The van der Waals surface area contributed by atoms with Crippen LogP contribution in [0.1, 0.15) is 25.7 Å². The number of ether oxygens (including phenoxy) is 2. The summed E-state index contributed by atoms with van der Waals surface area (Å²) in [6, 6.07) is 0. The van der Waals surface area contributed by atoms with E-state index in [4.69, 9.17) is 9.47 Å². The van der Waals surface area contributed by atoms with E-state index in [-0.39, 0.29) is 18.1 Å². The fraction of sp³-hybridized carbons (Fsp3) is 0.923. The second-order valence-corrected chi connectivity index (χ2v) is 5.15. The van der Waals surface area contributed by atoms with Crippen molar-refractivity contribution in [3.8, 4) is 0 Å². The van der Waals surface area contributed by atoms with Crippen LogP contribution in [0.5, 0.6) is 0 Å². The molecule has 1 aliphatic carbocycles. The molecule has 1 amide bonds. The summed E-state index contributed by atoms with van der Waals surface area (Å²) in [5.74, 6) is -0.0424. The summed E-state index contributed by atoms with van der Waals surface area (Å²) in [5.41, 5.74) is 0.141. The van der Waals surface area contributed by atoms with Crippen LogP contribution in [0, 0.1) is 0 Å². The van der Waals surface area contributed by atoms with Crippen molar-refractivity contribution >= 4 is 5.91 Å². The van der Waals surface area contributed by atoms with Gasteiger partial charge in [-0.15, -0.1) is 0 Å². The smallest absolute Gasteiger partial charge is 0.246 e. The van der Waals surface area contributed by atoms with Crippen molar-refractivity contribution in [3.05, 3.63) is 0 Å². The highest BCUT2D eigenvalue weighted by Crippen LogP contribution is 2.32. The molecule has 0 spiro atoms. The van der Waals surface area contributed by atoms with Crippen molar-refractivity contribution in [3.63, 3.8) is 0 Å². The first-order valence-corrected chi connectivity index (χ1v) is 6.61. The predicted molar refractivity (Wildman–Crippen MR) is 70.6 cm³/mol. The number of likely N-dealkylation sites (N-methyl/N-ethyl adjacent to an activating group) is 1. The summed E-state index contributed by atoms with van der Waals surface area (Å²) in [5, 5.41) is 2.98. The second-order valence-electron chi connectivity index (χ2n) is 5.15.